The predicted molar refractivity (Wildman–Crippen MR) is 62.3 cm³/mol. The quantitative estimate of drug-likeness (QED) is 0.686. The van der Waals surface area contributed by atoms with Crippen LogP contribution >= 0.6 is 0 Å². The summed E-state index contributed by atoms with van der Waals surface area (Å²) in [7, 11) is 0. The fourth-order valence-corrected chi connectivity index (χ4v) is 1.10. The summed E-state index contributed by atoms with van der Waals surface area (Å²) in [5.41, 5.74) is 0. The fourth-order valence-electron chi connectivity index (χ4n) is 1.10. The first kappa shape index (κ1) is 15.6. The number of carbonyl (C=O) groups excluding carboxylic acids is 2. The van der Waals surface area contributed by atoms with E-state index in [0.29, 0.717) is 12.6 Å². The van der Waals surface area contributed by atoms with Crippen LogP contribution in [-0.4, -0.2) is 41.0 Å². The summed E-state index contributed by atoms with van der Waals surface area (Å²) in [6, 6.07) is 1.33. The van der Waals surface area contributed by atoms with Crippen LogP contribution in [0.4, 0.5) is 4.79 Å². The number of carboxylic acid groups (broad SMARTS) is 1. The smallest absolute Gasteiger partial charge is 0.328 e. The highest BCUT2D eigenvalue weighted by molar-refractivity contribution is 6.02. The second-order valence-corrected chi connectivity index (χ2v) is 3.53. The average Bonchev–Trinajstić information content (AvgIpc) is 2.32. The van der Waals surface area contributed by atoms with Crippen LogP contribution in [0.15, 0.2) is 12.2 Å². The van der Waals surface area contributed by atoms with E-state index in [1.54, 1.807) is 13.8 Å². The first-order valence-corrected chi connectivity index (χ1v) is 5.31. The monoisotopic (exact) mass is 253 g/mol. The molecule has 0 spiro atoms. The van der Waals surface area contributed by atoms with E-state index in [4.69, 9.17) is 10.4 Å². The molecule has 7 heteroatoms. The lowest BCUT2D eigenvalue weighted by molar-refractivity contribution is -0.131. The number of nitriles is 1. The molecule has 0 heterocycles. The van der Waals surface area contributed by atoms with Gasteiger partial charge in [-0.05, 0) is 13.8 Å². The zero-order chi connectivity index (χ0) is 14.1. The van der Waals surface area contributed by atoms with E-state index in [2.05, 4.69) is 0 Å². The molecular weight excluding hydrogens is 238 g/mol. The van der Waals surface area contributed by atoms with E-state index in [9.17, 15) is 14.4 Å². The van der Waals surface area contributed by atoms with Crippen molar-refractivity contribution in [2.75, 3.05) is 13.1 Å². The van der Waals surface area contributed by atoms with Gasteiger partial charge in [-0.25, -0.2) is 9.59 Å². The number of aliphatic carboxylic acids is 1. The van der Waals surface area contributed by atoms with Crippen LogP contribution in [0, 0.1) is 17.2 Å². The van der Waals surface area contributed by atoms with Crippen molar-refractivity contribution in [3.8, 4) is 6.07 Å². The van der Waals surface area contributed by atoms with Crippen LogP contribution in [-0.2, 0) is 9.59 Å². The largest absolute Gasteiger partial charge is 0.478 e. The van der Waals surface area contributed by atoms with Crippen LogP contribution in [0.1, 0.15) is 13.8 Å². The molecule has 0 fully saturated rings. The first-order valence-electron chi connectivity index (χ1n) is 5.31. The minimum absolute atomic E-state index is 0.203. The van der Waals surface area contributed by atoms with E-state index in [1.165, 1.54) is 4.90 Å². The van der Waals surface area contributed by atoms with Gasteiger partial charge < -0.3 is 10.0 Å². The number of hydrogen-bond acceptors (Lipinski definition) is 4. The van der Waals surface area contributed by atoms with Gasteiger partial charge in [-0.1, -0.05) is 0 Å². The predicted octanol–water partition coefficient (Wildman–Crippen LogP) is 0.345. The van der Waals surface area contributed by atoms with Crippen LogP contribution in [0.3, 0.4) is 0 Å². The second kappa shape index (κ2) is 7.84. The maximum absolute atomic E-state index is 11.6. The molecule has 7 nitrogen and oxygen atoms in total. The number of amides is 3. The molecule has 0 saturated carbocycles. The van der Waals surface area contributed by atoms with Gasteiger partial charge in [-0.15, -0.1) is 0 Å². The molecule has 0 saturated heterocycles. The topological polar surface area (TPSA) is 111 Å². The Labute approximate surface area is 105 Å². The van der Waals surface area contributed by atoms with Crippen molar-refractivity contribution < 1.29 is 19.5 Å². The molecule has 0 aromatic heterocycles. The molecule has 0 aliphatic carbocycles. The van der Waals surface area contributed by atoms with Crippen molar-refractivity contribution in [1.29, 1.82) is 5.26 Å². The minimum atomic E-state index is -1.27. The Bertz CT molecular complexity index is 398. The van der Waals surface area contributed by atoms with Gasteiger partial charge >= 0.3 is 12.0 Å². The molecule has 0 aromatic rings. The molecule has 18 heavy (non-hydrogen) atoms. The zero-order valence-electron chi connectivity index (χ0n) is 10.2. The molecule has 1 unspecified atom stereocenters. The standard InChI is InChI=1S/C11H15N3O4/c1-3-14(7-8(2)6-12)11(18)13-9(15)4-5-10(16)17/h4-5,8H,3,7H2,1-2H3,(H,16,17)(H,13,15,18). The summed E-state index contributed by atoms with van der Waals surface area (Å²) < 4.78 is 0. The Morgan fingerprint density at radius 2 is 2.06 bits per heavy atom. The van der Waals surface area contributed by atoms with Crippen LogP contribution < -0.4 is 5.32 Å². The number of imide groups is 1. The third-order valence-corrected chi connectivity index (χ3v) is 1.99. The maximum atomic E-state index is 11.6. The summed E-state index contributed by atoms with van der Waals surface area (Å²) in [6.07, 6.45) is 1.39. The van der Waals surface area contributed by atoms with Crippen molar-refractivity contribution in [1.82, 2.24) is 10.2 Å². The van der Waals surface area contributed by atoms with E-state index in [1.807, 2.05) is 11.4 Å². The van der Waals surface area contributed by atoms with Crippen molar-refractivity contribution in [3.63, 3.8) is 0 Å². The summed E-state index contributed by atoms with van der Waals surface area (Å²) in [6.45, 7) is 3.91. The maximum Gasteiger partial charge on any atom is 0.328 e. The van der Waals surface area contributed by atoms with Gasteiger partial charge in [0.15, 0.2) is 0 Å². The number of nitrogens with one attached hydrogen (secondary N) is 1. The van der Waals surface area contributed by atoms with Gasteiger partial charge in [0.2, 0.25) is 0 Å². The Morgan fingerprint density at radius 3 is 2.50 bits per heavy atom. The number of rotatable bonds is 5. The van der Waals surface area contributed by atoms with Crippen LogP contribution in [0.25, 0.3) is 0 Å². The Hall–Kier alpha value is -2.36. The normalized spacial score (nSPS) is 11.6. The minimum Gasteiger partial charge on any atom is -0.478 e. The molecule has 3 amide bonds. The molecular formula is C11H15N3O4. The van der Waals surface area contributed by atoms with Gasteiger partial charge in [-0.2, -0.15) is 5.26 Å². The number of hydrogen-bond donors (Lipinski definition) is 2. The Balaban J connectivity index is 4.41. The van der Waals surface area contributed by atoms with E-state index >= 15 is 0 Å². The van der Waals surface area contributed by atoms with Crippen LogP contribution in [0.5, 0.6) is 0 Å². The third kappa shape index (κ3) is 6.27. The molecule has 0 rings (SSSR count). The fraction of sp³-hybridized carbons (Fsp3) is 0.455. The SMILES string of the molecule is CCN(CC(C)C#N)C(=O)NC(=O)C=CC(=O)O. The summed E-state index contributed by atoms with van der Waals surface area (Å²) in [5, 5.41) is 18.9. The Morgan fingerprint density at radius 1 is 1.44 bits per heavy atom. The summed E-state index contributed by atoms with van der Waals surface area (Å²) >= 11 is 0. The van der Waals surface area contributed by atoms with Gasteiger partial charge in [-0.3, -0.25) is 10.1 Å². The van der Waals surface area contributed by atoms with Gasteiger partial charge in [0.1, 0.15) is 0 Å². The molecule has 0 bridgehead atoms. The number of urea groups is 1. The second-order valence-electron chi connectivity index (χ2n) is 3.53. The molecule has 0 radical (unpaired) electrons. The van der Waals surface area contributed by atoms with Crippen molar-refractivity contribution >= 4 is 17.9 Å². The van der Waals surface area contributed by atoms with E-state index in [0.717, 1.165) is 6.08 Å². The number of nitrogens with zero attached hydrogens (tertiary/aromatic N) is 2. The van der Waals surface area contributed by atoms with E-state index in [-0.39, 0.29) is 12.5 Å². The molecule has 1 atom stereocenters. The van der Waals surface area contributed by atoms with Crippen molar-refractivity contribution in [2.24, 2.45) is 5.92 Å². The number of carbonyl (C=O) groups is 3. The van der Waals surface area contributed by atoms with E-state index < -0.39 is 17.9 Å². The highest BCUT2D eigenvalue weighted by atomic mass is 16.4. The highest BCUT2D eigenvalue weighted by Gasteiger charge is 2.15. The average molecular weight is 253 g/mol. The molecule has 0 aliphatic heterocycles. The lowest BCUT2D eigenvalue weighted by Crippen LogP contribution is -2.43. The van der Waals surface area contributed by atoms with Crippen molar-refractivity contribution in [3.05, 3.63) is 12.2 Å². The summed E-state index contributed by atoms with van der Waals surface area (Å²) in [4.78, 5) is 34.2. The zero-order valence-corrected chi connectivity index (χ0v) is 10.2. The molecule has 98 valence electrons. The lowest BCUT2D eigenvalue weighted by atomic mass is 10.2. The number of carboxylic acids is 1. The third-order valence-electron chi connectivity index (χ3n) is 1.99. The summed E-state index contributed by atoms with van der Waals surface area (Å²) in [5.74, 6) is -2.44. The Kier molecular flexibility index (Phi) is 6.81. The first-order chi connectivity index (χ1) is 8.40. The highest BCUT2D eigenvalue weighted by Crippen LogP contribution is 1.98. The molecule has 0 aromatic carbocycles. The van der Waals surface area contributed by atoms with Crippen LogP contribution in [0.2, 0.25) is 0 Å². The molecule has 2 N–H and O–H groups in total. The lowest BCUT2D eigenvalue weighted by Gasteiger charge is -2.21. The van der Waals surface area contributed by atoms with Gasteiger partial charge in [0.05, 0.1) is 12.0 Å². The van der Waals surface area contributed by atoms with Gasteiger partial charge in [0.25, 0.3) is 5.91 Å². The molecule has 0 aliphatic rings. The van der Waals surface area contributed by atoms with Gasteiger partial charge in [0, 0.05) is 25.2 Å². The van der Waals surface area contributed by atoms with Crippen molar-refractivity contribution in [2.45, 2.75) is 13.8 Å².